The summed E-state index contributed by atoms with van der Waals surface area (Å²) < 4.78 is 0. The zero-order valence-electron chi connectivity index (χ0n) is 11.6. The van der Waals surface area contributed by atoms with E-state index in [1.807, 2.05) is 0 Å². The average molecular weight is 289 g/mol. The van der Waals surface area contributed by atoms with Crippen LogP contribution in [0.2, 0.25) is 0 Å². The smallest absolute Gasteiger partial charge is 0.306 e. The van der Waals surface area contributed by atoms with Crippen LogP contribution in [-0.4, -0.2) is 27.4 Å². The van der Waals surface area contributed by atoms with Gasteiger partial charge in [-0.15, -0.1) is 11.8 Å². The molecule has 2 aliphatic rings. The molecule has 0 aromatic heterocycles. The van der Waals surface area contributed by atoms with Gasteiger partial charge in [-0.2, -0.15) is 0 Å². The Morgan fingerprint density at radius 1 is 1.35 bits per heavy atom. The molecule has 3 unspecified atom stereocenters. The van der Waals surface area contributed by atoms with Crippen molar-refractivity contribution >= 4 is 22.8 Å². The van der Waals surface area contributed by atoms with Crippen LogP contribution in [0.4, 0.5) is 0 Å². The lowest BCUT2D eigenvalue weighted by atomic mass is 9.86. The lowest BCUT2D eigenvalue weighted by Crippen LogP contribution is -2.31. The van der Waals surface area contributed by atoms with Gasteiger partial charge in [0.25, 0.3) is 0 Å². The van der Waals surface area contributed by atoms with Gasteiger partial charge in [0.05, 0.1) is 17.0 Å². The van der Waals surface area contributed by atoms with Gasteiger partial charge in [-0.3, -0.25) is 9.79 Å². The molecule has 1 N–H and O–H groups in total. The molecule has 0 saturated heterocycles. The van der Waals surface area contributed by atoms with Crippen LogP contribution < -0.4 is 0 Å². The maximum Gasteiger partial charge on any atom is 0.306 e. The first kappa shape index (κ1) is 13.7. The van der Waals surface area contributed by atoms with Crippen molar-refractivity contribution in [3.05, 3.63) is 35.4 Å². The molecule has 3 nitrogen and oxygen atoms in total. The largest absolute Gasteiger partial charge is 0.481 e. The monoisotopic (exact) mass is 289 g/mol. The van der Waals surface area contributed by atoms with Crippen LogP contribution in [0, 0.1) is 12.8 Å². The lowest BCUT2D eigenvalue weighted by Gasteiger charge is -2.27. The Kier molecular flexibility index (Phi) is 3.83. The molecule has 0 spiro atoms. The number of nitrogens with zero attached hydrogens (tertiary/aromatic N) is 1. The van der Waals surface area contributed by atoms with Crippen LogP contribution >= 0.6 is 11.8 Å². The van der Waals surface area contributed by atoms with E-state index in [1.54, 1.807) is 11.8 Å². The molecule has 20 heavy (non-hydrogen) atoms. The topological polar surface area (TPSA) is 49.7 Å². The first-order chi connectivity index (χ1) is 9.61. The quantitative estimate of drug-likeness (QED) is 0.928. The molecule has 1 aromatic rings. The van der Waals surface area contributed by atoms with Gasteiger partial charge in [0.1, 0.15) is 0 Å². The second-order valence-electron chi connectivity index (χ2n) is 5.76. The maximum atomic E-state index is 11.1. The summed E-state index contributed by atoms with van der Waals surface area (Å²) in [5.74, 6) is -0.811. The highest BCUT2D eigenvalue weighted by molar-refractivity contribution is 8.14. The van der Waals surface area contributed by atoms with Gasteiger partial charge in [-0.05, 0) is 31.7 Å². The van der Waals surface area contributed by atoms with Gasteiger partial charge < -0.3 is 5.11 Å². The van der Waals surface area contributed by atoms with Crippen molar-refractivity contribution in [2.75, 3.05) is 0 Å². The van der Waals surface area contributed by atoms with Crippen molar-refractivity contribution in [3.63, 3.8) is 0 Å². The minimum absolute atomic E-state index is 0.169. The van der Waals surface area contributed by atoms with Crippen molar-refractivity contribution < 1.29 is 9.90 Å². The third kappa shape index (κ3) is 2.90. The Morgan fingerprint density at radius 3 is 2.80 bits per heavy atom. The van der Waals surface area contributed by atoms with E-state index in [9.17, 15) is 4.79 Å². The summed E-state index contributed by atoms with van der Waals surface area (Å²) in [4.78, 5) is 15.9. The standard InChI is InChI=1S/C16H19NO2S/c1-10-2-4-11(5-3-10)8-15-17-13-7-6-12(16(18)19)9-14(13)20-15/h2-5,12-14H,6-9H2,1H3,(H,18,19). The Balaban J connectivity index is 1.63. The fourth-order valence-electron chi connectivity index (χ4n) is 2.97. The molecular weight excluding hydrogens is 270 g/mol. The highest BCUT2D eigenvalue weighted by atomic mass is 32.2. The van der Waals surface area contributed by atoms with Crippen LogP contribution in [0.1, 0.15) is 30.4 Å². The van der Waals surface area contributed by atoms with Gasteiger partial charge >= 0.3 is 5.97 Å². The third-order valence-electron chi connectivity index (χ3n) is 4.18. The molecular formula is C16H19NO2S. The summed E-state index contributed by atoms with van der Waals surface area (Å²) in [7, 11) is 0. The molecule has 1 aromatic carbocycles. The third-order valence-corrected chi connectivity index (χ3v) is 5.51. The Morgan fingerprint density at radius 2 is 2.10 bits per heavy atom. The van der Waals surface area contributed by atoms with Crippen molar-refractivity contribution in [1.82, 2.24) is 0 Å². The Labute approximate surface area is 123 Å². The van der Waals surface area contributed by atoms with Crippen LogP contribution in [-0.2, 0) is 11.2 Å². The molecule has 3 rings (SSSR count). The Bertz CT molecular complexity index is 538. The van der Waals surface area contributed by atoms with E-state index in [0.717, 1.165) is 25.7 Å². The van der Waals surface area contributed by atoms with E-state index in [4.69, 9.17) is 10.1 Å². The summed E-state index contributed by atoms with van der Waals surface area (Å²) in [6.45, 7) is 2.09. The van der Waals surface area contributed by atoms with Gasteiger partial charge in [0.15, 0.2) is 0 Å². The zero-order valence-corrected chi connectivity index (χ0v) is 12.4. The molecule has 1 aliphatic carbocycles. The summed E-state index contributed by atoms with van der Waals surface area (Å²) >= 11 is 1.80. The van der Waals surface area contributed by atoms with E-state index in [0.29, 0.717) is 11.3 Å². The predicted molar refractivity (Wildman–Crippen MR) is 82.5 cm³/mol. The molecule has 3 atom stereocenters. The Hall–Kier alpha value is -1.29. The molecule has 1 aliphatic heterocycles. The summed E-state index contributed by atoms with van der Waals surface area (Å²) in [5.41, 5.74) is 2.56. The van der Waals surface area contributed by atoms with Gasteiger partial charge in [0.2, 0.25) is 0 Å². The SMILES string of the molecule is Cc1ccc(CC2=NC3CCC(C(=O)O)CC3S2)cc1. The summed E-state index contributed by atoms with van der Waals surface area (Å²) in [5, 5.41) is 10.7. The number of carboxylic acids is 1. The van der Waals surface area contributed by atoms with E-state index in [1.165, 1.54) is 16.2 Å². The number of carbonyl (C=O) groups is 1. The number of fused-ring (bicyclic) bond motifs is 1. The van der Waals surface area contributed by atoms with E-state index in [2.05, 4.69) is 31.2 Å². The minimum atomic E-state index is -0.643. The maximum absolute atomic E-state index is 11.1. The molecule has 0 amide bonds. The fraction of sp³-hybridized carbons (Fsp3) is 0.500. The fourth-order valence-corrected chi connectivity index (χ4v) is 4.45. The van der Waals surface area contributed by atoms with Crippen molar-refractivity contribution in [1.29, 1.82) is 0 Å². The highest BCUT2D eigenvalue weighted by Crippen LogP contribution is 2.40. The molecule has 1 saturated carbocycles. The second-order valence-corrected chi connectivity index (χ2v) is 7.07. The number of rotatable bonds is 3. The average Bonchev–Trinajstić information content (AvgIpc) is 2.82. The molecule has 1 fully saturated rings. The van der Waals surface area contributed by atoms with Crippen molar-refractivity contribution in [2.45, 2.75) is 43.9 Å². The number of aliphatic carboxylic acids is 1. The van der Waals surface area contributed by atoms with Gasteiger partial charge in [-0.1, -0.05) is 29.8 Å². The van der Waals surface area contributed by atoms with Crippen LogP contribution in [0.15, 0.2) is 29.3 Å². The van der Waals surface area contributed by atoms with E-state index < -0.39 is 5.97 Å². The minimum Gasteiger partial charge on any atom is -0.481 e. The number of hydrogen-bond acceptors (Lipinski definition) is 3. The highest BCUT2D eigenvalue weighted by Gasteiger charge is 2.38. The molecule has 106 valence electrons. The molecule has 0 bridgehead atoms. The number of benzene rings is 1. The van der Waals surface area contributed by atoms with Gasteiger partial charge in [-0.25, -0.2) is 0 Å². The zero-order chi connectivity index (χ0) is 14.1. The van der Waals surface area contributed by atoms with Crippen LogP contribution in [0.3, 0.4) is 0 Å². The molecule has 0 radical (unpaired) electrons. The summed E-state index contributed by atoms with van der Waals surface area (Å²) in [6, 6.07) is 8.91. The number of carboxylic acid groups (broad SMARTS) is 1. The molecule has 4 heteroatoms. The van der Waals surface area contributed by atoms with E-state index >= 15 is 0 Å². The lowest BCUT2D eigenvalue weighted by molar-refractivity contribution is -0.142. The number of aliphatic imine (C=N–C) groups is 1. The predicted octanol–water partition coefficient (Wildman–Crippen LogP) is 3.30. The van der Waals surface area contributed by atoms with E-state index in [-0.39, 0.29) is 5.92 Å². The van der Waals surface area contributed by atoms with Crippen LogP contribution in [0.5, 0.6) is 0 Å². The first-order valence-electron chi connectivity index (χ1n) is 7.13. The van der Waals surface area contributed by atoms with Crippen LogP contribution in [0.25, 0.3) is 0 Å². The number of aryl methyl sites for hydroxylation is 1. The number of thioether (sulfide) groups is 1. The normalized spacial score (nSPS) is 28.9. The first-order valence-corrected chi connectivity index (χ1v) is 8.01. The van der Waals surface area contributed by atoms with Crippen molar-refractivity contribution in [2.24, 2.45) is 10.9 Å². The second kappa shape index (κ2) is 5.60. The number of hydrogen-bond donors (Lipinski definition) is 1. The summed E-state index contributed by atoms with van der Waals surface area (Å²) in [6.07, 6.45) is 3.35. The van der Waals surface area contributed by atoms with Crippen molar-refractivity contribution in [3.8, 4) is 0 Å². The van der Waals surface area contributed by atoms with Gasteiger partial charge in [0, 0.05) is 11.7 Å². The molecule has 1 heterocycles.